The zero-order valence-corrected chi connectivity index (χ0v) is 32.1. The molecule has 3 saturated heterocycles. The number of nitrogens with one attached hydrogen (secondary N) is 1. The van der Waals surface area contributed by atoms with Crippen molar-refractivity contribution in [3.63, 3.8) is 0 Å². The fraction of sp³-hybridized carbons (Fsp3) is 0.278. The lowest BCUT2D eigenvalue weighted by Gasteiger charge is -2.41. The molecule has 59 heavy (non-hydrogen) atoms. The number of hydrogen-bond donors (Lipinski definition) is 2. The van der Waals surface area contributed by atoms with Gasteiger partial charge in [-0.3, -0.25) is 44.1 Å². The number of β-lactam (4-membered cyclic amide) rings is 1. The molecule has 0 bridgehead atoms. The molecular formula is C36H33N7O14S2. The smallest absolute Gasteiger partial charge is 0.345 e. The van der Waals surface area contributed by atoms with Crippen LogP contribution in [-0.2, 0) is 52.0 Å². The van der Waals surface area contributed by atoms with Gasteiger partial charge in [-0.1, -0.05) is 48.2 Å². The summed E-state index contributed by atoms with van der Waals surface area (Å²) in [6.07, 6.45) is 3.39. The summed E-state index contributed by atoms with van der Waals surface area (Å²) in [5, 5.41) is 28.8. The van der Waals surface area contributed by atoms with Crippen LogP contribution >= 0.6 is 11.8 Å². The van der Waals surface area contributed by atoms with Crippen molar-refractivity contribution in [1.29, 1.82) is 0 Å². The minimum atomic E-state index is -4.28. The maximum absolute atomic E-state index is 14.1. The molecule has 4 atom stereocenters. The Hall–Kier alpha value is -6.72. The van der Waals surface area contributed by atoms with Crippen LogP contribution in [0.5, 0.6) is 0 Å². The minimum absolute atomic E-state index is 0.0427. The summed E-state index contributed by atoms with van der Waals surface area (Å²) >= 11 is 0.856. The van der Waals surface area contributed by atoms with Gasteiger partial charge in [0, 0.05) is 37.0 Å². The first-order chi connectivity index (χ1) is 28.1. The van der Waals surface area contributed by atoms with Crippen molar-refractivity contribution in [2.45, 2.75) is 35.4 Å². The van der Waals surface area contributed by atoms with E-state index in [0.29, 0.717) is 11.1 Å². The molecule has 2 N–H and O–H groups in total. The van der Waals surface area contributed by atoms with Gasteiger partial charge in [0.15, 0.2) is 5.92 Å². The van der Waals surface area contributed by atoms with Gasteiger partial charge in [-0.05, 0) is 47.0 Å². The maximum Gasteiger partial charge on any atom is 0.345 e. The average Bonchev–Trinajstić information content (AvgIpc) is 3.77. The summed E-state index contributed by atoms with van der Waals surface area (Å²) in [6, 6.07) is 16.3. The van der Waals surface area contributed by atoms with Crippen LogP contribution in [0.3, 0.4) is 0 Å². The number of rotatable bonds is 16. The first-order valence-corrected chi connectivity index (χ1v) is 19.9. The lowest BCUT2D eigenvalue weighted by Crippen LogP contribution is -2.68. The van der Waals surface area contributed by atoms with Gasteiger partial charge < -0.3 is 19.7 Å². The highest BCUT2D eigenvalue weighted by Crippen LogP contribution is 2.50. The lowest BCUT2D eigenvalue weighted by molar-refractivity contribution is -0.385. The van der Waals surface area contributed by atoms with E-state index in [2.05, 4.69) is 10.4 Å². The largest absolute Gasteiger partial charge is 0.460 e. The first-order valence-electron chi connectivity index (χ1n) is 17.5. The highest BCUT2D eigenvalue weighted by molar-refractivity contribution is 8.02. The first kappa shape index (κ1) is 41.9. The summed E-state index contributed by atoms with van der Waals surface area (Å²) in [7, 11) is -4.28. The number of benzene rings is 3. The summed E-state index contributed by atoms with van der Waals surface area (Å²) in [5.41, 5.74) is 0.671. The van der Waals surface area contributed by atoms with Crippen LogP contribution < -0.4 is 5.32 Å². The fourth-order valence-electron chi connectivity index (χ4n) is 6.32. The lowest BCUT2D eigenvalue weighted by atomic mass is 9.96. The number of hydrogen-bond acceptors (Lipinski definition) is 15. The van der Waals surface area contributed by atoms with Crippen LogP contribution in [0.1, 0.15) is 22.6 Å². The third-order valence-electron chi connectivity index (χ3n) is 9.29. The normalized spacial score (nSPS) is 20.7. The molecule has 0 aromatic heterocycles. The molecule has 308 valence electrons. The van der Waals surface area contributed by atoms with Gasteiger partial charge in [-0.25, -0.2) is 14.6 Å². The molecule has 23 heteroatoms. The van der Waals surface area contributed by atoms with Crippen molar-refractivity contribution in [3.05, 3.63) is 128 Å². The Labute approximate surface area is 338 Å². The topological polar surface area (TPSA) is 279 Å². The van der Waals surface area contributed by atoms with Crippen molar-refractivity contribution in [2.75, 3.05) is 25.4 Å². The summed E-state index contributed by atoms with van der Waals surface area (Å²) in [5.74, 6) is -5.71. The van der Waals surface area contributed by atoms with Gasteiger partial charge in [-0.2, -0.15) is 13.5 Å². The number of esters is 2. The molecular weight excluding hydrogens is 819 g/mol. The van der Waals surface area contributed by atoms with Gasteiger partial charge in [0.25, 0.3) is 21.5 Å². The van der Waals surface area contributed by atoms with Crippen molar-refractivity contribution in [1.82, 2.24) is 20.1 Å². The zero-order chi connectivity index (χ0) is 42.5. The Morgan fingerprint density at radius 3 is 2.10 bits per heavy atom. The zero-order valence-electron chi connectivity index (χ0n) is 30.5. The molecule has 3 aliphatic rings. The number of non-ortho nitro benzene ring substituents is 2. The van der Waals surface area contributed by atoms with Crippen molar-refractivity contribution >= 4 is 69.3 Å². The molecule has 1 unspecified atom stereocenters. The number of allylic oxidation sites excluding steroid dienone is 1. The standard InChI is InChI=1S/C36H33N7O14S2/c44-30(28(25-6-2-1-3-7-25)33(46)56-20-23-8-12-26(13-9-23)42(49)50)38-29-31(45)39-22-36(58-32(29)39,34(47)57-21-24-10-14-27(15-11-24)43(51)52)40-17-18-41(35(40)48)37-16-4-5-19-59(53,54)55/h1-16,28-29,32H,17-22H2,(H,38,44)(H,53,54,55)/b5-4+,37-16+/t28?,29-,32-,36-/m1/s1. The molecule has 3 aromatic carbocycles. The maximum atomic E-state index is 14.1. The molecule has 3 fully saturated rings. The van der Waals surface area contributed by atoms with Crippen LogP contribution in [0.15, 0.2) is 96.1 Å². The van der Waals surface area contributed by atoms with Crippen LogP contribution in [-0.4, -0.2) is 115 Å². The van der Waals surface area contributed by atoms with E-state index >= 15 is 0 Å². The number of carbonyl (C=O) groups is 5. The minimum Gasteiger partial charge on any atom is -0.460 e. The molecule has 6 rings (SSSR count). The van der Waals surface area contributed by atoms with Crippen LogP contribution in [0, 0.1) is 20.2 Å². The molecule has 3 aliphatic heterocycles. The molecule has 0 saturated carbocycles. The second-order valence-corrected chi connectivity index (χ2v) is 16.0. The third-order valence-corrected chi connectivity index (χ3v) is 11.6. The number of nitro groups is 2. The van der Waals surface area contributed by atoms with Crippen LogP contribution in [0.4, 0.5) is 16.2 Å². The second kappa shape index (κ2) is 17.4. The third kappa shape index (κ3) is 9.37. The number of ether oxygens (including phenoxy) is 2. The molecule has 0 aliphatic carbocycles. The van der Waals surface area contributed by atoms with Crippen LogP contribution in [0.2, 0.25) is 0 Å². The summed E-state index contributed by atoms with van der Waals surface area (Å²) < 4.78 is 42.0. The van der Waals surface area contributed by atoms with E-state index in [0.717, 1.165) is 34.0 Å². The average molecular weight is 852 g/mol. The molecule has 0 radical (unpaired) electrons. The summed E-state index contributed by atoms with van der Waals surface area (Å²) in [4.78, 5) is 90.3. The quantitative estimate of drug-likeness (QED) is 0.0398. The summed E-state index contributed by atoms with van der Waals surface area (Å²) in [6.45, 7) is -1.19. The van der Waals surface area contributed by atoms with Crippen molar-refractivity contribution in [3.8, 4) is 0 Å². The van der Waals surface area contributed by atoms with E-state index in [9.17, 15) is 52.6 Å². The fourth-order valence-corrected chi connectivity index (χ4v) is 8.37. The number of fused-ring (bicyclic) bond motifs is 1. The molecule has 21 nitrogen and oxygen atoms in total. The monoisotopic (exact) mass is 851 g/mol. The Balaban J connectivity index is 1.20. The van der Waals surface area contributed by atoms with Gasteiger partial charge in [0.1, 0.15) is 24.6 Å². The Bertz CT molecular complexity index is 2330. The predicted octanol–water partition coefficient (Wildman–Crippen LogP) is 2.34. The Morgan fingerprint density at radius 1 is 0.932 bits per heavy atom. The highest BCUT2D eigenvalue weighted by atomic mass is 32.2. The molecule has 0 spiro atoms. The number of carbonyl (C=O) groups excluding carboxylic acids is 5. The number of urea groups is 1. The van der Waals surface area contributed by atoms with Gasteiger partial charge in [0.2, 0.25) is 16.7 Å². The van der Waals surface area contributed by atoms with Crippen LogP contribution in [0.25, 0.3) is 0 Å². The number of nitrogens with zero attached hydrogens (tertiary/aromatic N) is 6. The highest BCUT2D eigenvalue weighted by Gasteiger charge is 2.67. The van der Waals surface area contributed by atoms with E-state index in [1.807, 2.05) is 0 Å². The van der Waals surface area contributed by atoms with Crippen molar-refractivity contribution < 1.29 is 56.3 Å². The van der Waals surface area contributed by atoms with E-state index in [-0.39, 0.29) is 49.8 Å². The number of amides is 4. The van der Waals surface area contributed by atoms with E-state index in [4.69, 9.17) is 14.0 Å². The molecule has 3 aromatic rings. The Morgan fingerprint density at radius 2 is 1.53 bits per heavy atom. The van der Waals surface area contributed by atoms with E-state index in [1.165, 1.54) is 71.6 Å². The van der Waals surface area contributed by atoms with E-state index < -0.39 is 77.7 Å². The molecule has 4 amide bonds. The van der Waals surface area contributed by atoms with E-state index in [1.54, 1.807) is 18.2 Å². The van der Waals surface area contributed by atoms with Gasteiger partial charge >= 0.3 is 18.0 Å². The Kier molecular flexibility index (Phi) is 12.4. The predicted molar refractivity (Wildman–Crippen MR) is 206 cm³/mol. The SMILES string of the molecule is O=C(N[C@@H]1C(=O)N2C[C@@](C(=O)OCc3ccc([N+](=O)[O-])cc3)(N3CCN(/N=C/C=C/CS(=O)(=O)O)C3=O)S[C@H]12)C(C(=O)OCc1ccc([N+](=O)[O-])cc1)c1ccccc1. The van der Waals surface area contributed by atoms with Crippen molar-refractivity contribution in [2.24, 2.45) is 5.10 Å². The molecule has 3 heterocycles. The number of thioether (sulfide) groups is 1. The number of hydrazone groups is 1. The second-order valence-electron chi connectivity index (χ2n) is 13.1. The number of nitro benzene ring substituents is 2. The van der Waals surface area contributed by atoms with Gasteiger partial charge in [-0.15, -0.1) is 0 Å². The van der Waals surface area contributed by atoms with Gasteiger partial charge in [0.05, 0.1) is 28.7 Å².